The second-order valence-corrected chi connectivity index (χ2v) is 7.92. The number of nitrogens with zero attached hydrogens (tertiary/aromatic N) is 5. The number of nitrogens with one attached hydrogen (secondary N) is 1. The van der Waals surface area contributed by atoms with Crippen LogP contribution in [0.25, 0.3) is 22.4 Å². The molecule has 1 aliphatic heterocycles. The van der Waals surface area contributed by atoms with Gasteiger partial charge in [-0.15, -0.1) is 0 Å². The summed E-state index contributed by atoms with van der Waals surface area (Å²) in [6.07, 6.45) is 8.43. The molecule has 31 heavy (non-hydrogen) atoms. The summed E-state index contributed by atoms with van der Waals surface area (Å²) in [7, 11) is 1.93. The highest BCUT2D eigenvalue weighted by Gasteiger charge is 2.20. The SMILES string of the molecule is Cc1cc(-c2nc(C(=O)Nc3cc4cnn(C)c4cc3N3CCCCC3)co2)ccn1. The third-order valence-electron chi connectivity index (χ3n) is 5.69. The molecule has 8 nitrogen and oxygen atoms in total. The molecule has 0 atom stereocenters. The van der Waals surface area contributed by atoms with Gasteiger partial charge in [-0.1, -0.05) is 0 Å². The van der Waals surface area contributed by atoms with Gasteiger partial charge in [-0.25, -0.2) is 4.98 Å². The number of hydrogen-bond acceptors (Lipinski definition) is 6. The van der Waals surface area contributed by atoms with Gasteiger partial charge >= 0.3 is 0 Å². The van der Waals surface area contributed by atoms with Crippen LogP contribution in [-0.4, -0.2) is 38.7 Å². The van der Waals surface area contributed by atoms with Crippen molar-refractivity contribution < 1.29 is 9.21 Å². The molecule has 1 fully saturated rings. The minimum Gasteiger partial charge on any atom is -0.444 e. The van der Waals surface area contributed by atoms with Crippen molar-refractivity contribution in [3.8, 4) is 11.5 Å². The molecule has 0 radical (unpaired) electrons. The standard InChI is InChI=1S/C23H24N6O2/c1-15-10-16(6-7-24-15)23-27-19(14-31-23)22(30)26-18-11-17-13-25-28(2)20(17)12-21(18)29-8-4-3-5-9-29/h6-7,10-14H,3-5,8-9H2,1-2H3,(H,26,30). The molecule has 1 amide bonds. The van der Waals surface area contributed by atoms with Crippen LogP contribution < -0.4 is 10.2 Å². The smallest absolute Gasteiger partial charge is 0.277 e. The number of hydrogen-bond donors (Lipinski definition) is 1. The molecule has 1 saturated heterocycles. The minimum absolute atomic E-state index is 0.236. The number of aryl methyl sites for hydroxylation is 2. The fourth-order valence-electron chi connectivity index (χ4n) is 4.06. The number of amides is 1. The van der Waals surface area contributed by atoms with Gasteiger partial charge in [-0.05, 0) is 50.5 Å². The maximum absolute atomic E-state index is 13.0. The van der Waals surface area contributed by atoms with Gasteiger partial charge in [0.1, 0.15) is 6.26 Å². The van der Waals surface area contributed by atoms with Gasteiger partial charge in [-0.3, -0.25) is 14.5 Å². The van der Waals surface area contributed by atoms with E-state index >= 15 is 0 Å². The van der Waals surface area contributed by atoms with Crippen LogP contribution in [-0.2, 0) is 7.05 Å². The van der Waals surface area contributed by atoms with Crippen LogP contribution in [0.15, 0.2) is 47.3 Å². The predicted molar refractivity (Wildman–Crippen MR) is 119 cm³/mol. The van der Waals surface area contributed by atoms with E-state index in [9.17, 15) is 4.79 Å². The third kappa shape index (κ3) is 3.76. The fraction of sp³-hybridized carbons (Fsp3) is 0.304. The largest absolute Gasteiger partial charge is 0.444 e. The highest BCUT2D eigenvalue weighted by Crippen LogP contribution is 2.33. The number of rotatable bonds is 4. The summed E-state index contributed by atoms with van der Waals surface area (Å²) in [5.41, 5.74) is 4.69. The Morgan fingerprint density at radius 2 is 2.00 bits per heavy atom. The zero-order valence-corrected chi connectivity index (χ0v) is 17.6. The Morgan fingerprint density at radius 1 is 1.16 bits per heavy atom. The van der Waals surface area contributed by atoms with E-state index in [0.29, 0.717) is 5.89 Å². The van der Waals surface area contributed by atoms with Crippen molar-refractivity contribution in [3.63, 3.8) is 0 Å². The number of fused-ring (bicyclic) bond motifs is 1. The molecule has 1 aliphatic rings. The zero-order chi connectivity index (χ0) is 21.4. The lowest BCUT2D eigenvalue weighted by molar-refractivity contribution is 0.102. The number of benzene rings is 1. The predicted octanol–water partition coefficient (Wildman–Crippen LogP) is 4.17. The highest BCUT2D eigenvalue weighted by atomic mass is 16.3. The molecule has 8 heteroatoms. The van der Waals surface area contributed by atoms with E-state index < -0.39 is 0 Å². The first-order chi connectivity index (χ1) is 15.1. The Hall–Kier alpha value is -3.68. The molecule has 158 valence electrons. The van der Waals surface area contributed by atoms with E-state index in [1.165, 1.54) is 12.7 Å². The van der Waals surface area contributed by atoms with E-state index in [1.807, 2.05) is 43.0 Å². The van der Waals surface area contributed by atoms with Gasteiger partial charge < -0.3 is 14.6 Å². The highest BCUT2D eigenvalue weighted by molar-refractivity contribution is 6.06. The first kappa shape index (κ1) is 19.3. The number of anilines is 2. The van der Waals surface area contributed by atoms with Crippen LogP contribution >= 0.6 is 0 Å². The molecular formula is C23H24N6O2. The summed E-state index contributed by atoms with van der Waals surface area (Å²) in [6, 6.07) is 7.78. The summed E-state index contributed by atoms with van der Waals surface area (Å²) in [4.78, 5) is 23.9. The molecule has 0 saturated carbocycles. The fourth-order valence-corrected chi connectivity index (χ4v) is 4.06. The summed E-state index contributed by atoms with van der Waals surface area (Å²) < 4.78 is 7.42. The molecule has 4 heterocycles. The van der Waals surface area contributed by atoms with Gasteiger partial charge in [0.2, 0.25) is 5.89 Å². The summed E-state index contributed by atoms with van der Waals surface area (Å²) in [6.45, 7) is 3.85. The lowest BCUT2D eigenvalue weighted by Crippen LogP contribution is -2.30. The molecule has 1 N–H and O–H groups in total. The summed E-state index contributed by atoms with van der Waals surface area (Å²) in [5, 5.41) is 8.39. The number of carbonyl (C=O) groups is 1. The number of oxazole rings is 1. The maximum Gasteiger partial charge on any atom is 0.277 e. The molecule has 3 aromatic heterocycles. The van der Waals surface area contributed by atoms with Crippen molar-refractivity contribution in [2.75, 3.05) is 23.3 Å². The first-order valence-corrected chi connectivity index (χ1v) is 10.5. The number of carbonyl (C=O) groups excluding carboxylic acids is 1. The molecule has 0 aliphatic carbocycles. The van der Waals surface area contributed by atoms with Crippen LogP contribution in [0.1, 0.15) is 35.4 Å². The normalized spacial score (nSPS) is 14.2. The maximum atomic E-state index is 13.0. The Balaban J connectivity index is 1.46. The van der Waals surface area contributed by atoms with Crippen LogP contribution in [0.4, 0.5) is 11.4 Å². The van der Waals surface area contributed by atoms with Gasteiger partial charge in [0.15, 0.2) is 5.69 Å². The second-order valence-electron chi connectivity index (χ2n) is 7.92. The van der Waals surface area contributed by atoms with Crippen molar-refractivity contribution in [1.82, 2.24) is 19.7 Å². The third-order valence-corrected chi connectivity index (χ3v) is 5.69. The molecule has 0 bridgehead atoms. The quantitative estimate of drug-likeness (QED) is 0.537. The van der Waals surface area contributed by atoms with Crippen molar-refractivity contribution in [3.05, 3.63) is 54.3 Å². The van der Waals surface area contributed by atoms with Crippen molar-refractivity contribution in [2.24, 2.45) is 7.05 Å². The van der Waals surface area contributed by atoms with Crippen LogP contribution in [0.5, 0.6) is 0 Å². The molecule has 0 spiro atoms. The van der Waals surface area contributed by atoms with Crippen LogP contribution in [0, 0.1) is 6.92 Å². The second kappa shape index (κ2) is 7.86. The Morgan fingerprint density at radius 3 is 2.81 bits per heavy atom. The van der Waals surface area contributed by atoms with E-state index in [-0.39, 0.29) is 11.6 Å². The Bertz CT molecular complexity index is 1250. The monoisotopic (exact) mass is 416 g/mol. The van der Waals surface area contributed by atoms with Crippen LogP contribution in [0.3, 0.4) is 0 Å². The topological polar surface area (TPSA) is 89.1 Å². The molecule has 5 rings (SSSR count). The van der Waals surface area contributed by atoms with Crippen molar-refractivity contribution in [1.29, 1.82) is 0 Å². The first-order valence-electron chi connectivity index (χ1n) is 10.5. The molecule has 0 unspecified atom stereocenters. The van der Waals surface area contributed by atoms with E-state index in [4.69, 9.17) is 4.42 Å². The Labute approximate surface area is 179 Å². The number of aromatic nitrogens is 4. The lowest BCUT2D eigenvalue weighted by Gasteiger charge is -2.30. The zero-order valence-electron chi connectivity index (χ0n) is 17.6. The molecular weight excluding hydrogens is 392 g/mol. The van der Waals surface area contributed by atoms with Gasteiger partial charge in [-0.2, -0.15) is 5.10 Å². The van der Waals surface area contributed by atoms with E-state index in [0.717, 1.165) is 59.5 Å². The van der Waals surface area contributed by atoms with Gasteiger partial charge in [0, 0.05) is 43.0 Å². The Kier molecular flexibility index (Phi) is 4.89. The summed E-state index contributed by atoms with van der Waals surface area (Å²) in [5.74, 6) is 0.0943. The number of piperidine rings is 1. The van der Waals surface area contributed by atoms with Crippen LogP contribution in [0.2, 0.25) is 0 Å². The summed E-state index contributed by atoms with van der Waals surface area (Å²) >= 11 is 0. The lowest BCUT2D eigenvalue weighted by atomic mass is 10.1. The molecule has 1 aromatic carbocycles. The van der Waals surface area contributed by atoms with E-state index in [1.54, 1.807) is 6.20 Å². The molecule has 4 aromatic rings. The van der Waals surface area contributed by atoms with Gasteiger partial charge in [0.25, 0.3) is 5.91 Å². The number of pyridine rings is 1. The average molecular weight is 416 g/mol. The van der Waals surface area contributed by atoms with E-state index in [2.05, 4.69) is 31.3 Å². The van der Waals surface area contributed by atoms with Crippen molar-refractivity contribution >= 4 is 28.2 Å². The minimum atomic E-state index is -0.303. The average Bonchev–Trinajstić information content (AvgIpc) is 3.41. The van der Waals surface area contributed by atoms with Gasteiger partial charge in [0.05, 0.1) is 23.1 Å². The van der Waals surface area contributed by atoms with Crippen molar-refractivity contribution in [2.45, 2.75) is 26.2 Å².